The van der Waals surface area contributed by atoms with E-state index in [-0.39, 0.29) is 0 Å². The fourth-order valence-electron chi connectivity index (χ4n) is 1.96. The van der Waals surface area contributed by atoms with Gasteiger partial charge in [0.1, 0.15) is 0 Å². The lowest BCUT2D eigenvalue weighted by Gasteiger charge is -2.06. The summed E-state index contributed by atoms with van der Waals surface area (Å²) < 4.78 is 0.967. The van der Waals surface area contributed by atoms with Crippen LogP contribution in [0.5, 0.6) is 0 Å². The lowest BCUT2D eigenvalue weighted by atomic mass is 10.1. The molecule has 0 aliphatic rings. The maximum absolute atomic E-state index is 5.45. The average molecular weight is 272 g/mol. The van der Waals surface area contributed by atoms with Crippen molar-refractivity contribution in [2.45, 2.75) is 19.6 Å². The van der Waals surface area contributed by atoms with Crippen LogP contribution in [0.2, 0.25) is 0 Å². The molecule has 0 spiro atoms. The van der Waals surface area contributed by atoms with E-state index in [0.29, 0.717) is 0 Å². The van der Waals surface area contributed by atoms with Crippen molar-refractivity contribution >= 4 is 28.2 Å². The Kier molecular flexibility index (Phi) is 4.56. The number of benzene rings is 2. The molecule has 0 unspecified atom stereocenters. The van der Waals surface area contributed by atoms with E-state index in [9.17, 15) is 0 Å². The van der Waals surface area contributed by atoms with E-state index in [1.54, 1.807) is 11.8 Å². The quantitative estimate of drug-likeness (QED) is 0.728. The molecule has 0 aromatic heterocycles. The van der Waals surface area contributed by atoms with E-state index in [2.05, 4.69) is 44.2 Å². The first-order valence-electron chi connectivity index (χ1n) is 5.94. The van der Waals surface area contributed by atoms with Gasteiger partial charge in [-0.05, 0) is 25.0 Å². The van der Waals surface area contributed by atoms with E-state index in [0.717, 1.165) is 15.5 Å². The Balaban J connectivity index is 2.02. The van der Waals surface area contributed by atoms with Crippen molar-refractivity contribution in [2.75, 3.05) is 0 Å². The Morgan fingerprint density at radius 2 is 1.61 bits per heavy atom. The third-order valence-electron chi connectivity index (χ3n) is 2.66. The number of hydrogen-bond acceptors (Lipinski definition) is 2. The molecule has 0 saturated heterocycles. The molecule has 18 heavy (non-hydrogen) atoms. The highest BCUT2D eigenvalue weighted by Gasteiger charge is 2.03. The highest BCUT2D eigenvalue weighted by Crippen LogP contribution is 2.20. The molecule has 0 amide bonds. The predicted octanol–water partition coefficient (Wildman–Crippen LogP) is 4.91. The molecule has 2 aromatic rings. The lowest BCUT2D eigenvalue weighted by Crippen LogP contribution is -1.93. The number of thiocarbonyl (C=S) groups is 1. The molecule has 0 heterocycles. The molecule has 0 fully saturated rings. The zero-order chi connectivity index (χ0) is 13.0. The van der Waals surface area contributed by atoms with Crippen molar-refractivity contribution < 1.29 is 0 Å². The van der Waals surface area contributed by atoms with Crippen LogP contribution in [-0.2, 0) is 5.75 Å². The fourth-order valence-corrected chi connectivity index (χ4v) is 3.04. The summed E-state index contributed by atoms with van der Waals surface area (Å²) in [6.45, 7) is 4.27. The Morgan fingerprint density at radius 3 is 2.22 bits per heavy atom. The van der Waals surface area contributed by atoms with Gasteiger partial charge in [0.05, 0.1) is 4.20 Å². The van der Waals surface area contributed by atoms with Crippen molar-refractivity contribution in [1.29, 1.82) is 0 Å². The summed E-state index contributed by atoms with van der Waals surface area (Å²) in [5, 5.41) is 0. The number of hydrogen-bond donors (Lipinski definition) is 0. The molecule has 0 bridgehead atoms. The van der Waals surface area contributed by atoms with Crippen LogP contribution in [0.25, 0.3) is 0 Å². The van der Waals surface area contributed by atoms with E-state index in [4.69, 9.17) is 12.2 Å². The summed E-state index contributed by atoms with van der Waals surface area (Å²) in [5.74, 6) is 0.941. The van der Waals surface area contributed by atoms with Crippen LogP contribution >= 0.6 is 24.0 Å². The Labute approximate surface area is 118 Å². The molecule has 0 aliphatic carbocycles. The summed E-state index contributed by atoms with van der Waals surface area (Å²) in [6, 6.07) is 16.9. The first-order valence-corrected chi connectivity index (χ1v) is 7.34. The first kappa shape index (κ1) is 13.3. The molecule has 0 nitrogen and oxygen atoms in total. The van der Waals surface area contributed by atoms with Crippen LogP contribution < -0.4 is 0 Å². The smallest absolute Gasteiger partial charge is 0.0781 e. The third-order valence-corrected chi connectivity index (χ3v) is 4.23. The van der Waals surface area contributed by atoms with Crippen LogP contribution in [0.4, 0.5) is 0 Å². The van der Waals surface area contributed by atoms with E-state index >= 15 is 0 Å². The molecule has 0 atom stereocenters. The van der Waals surface area contributed by atoms with Crippen molar-refractivity contribution in [2.24, 2.45) is 0 Å². The Bertz CT molecular complexity index is 524. The van der Waals surface area contributed by atoms with Crippen molar-refractivity contribution in [3.63, 3.8) is 0 Å². The van der Waals surface area contributed by atoms with E-state index in [1.807, 2.05) is 18.2 Å². The Morgan fingerprint density at radius 1 is 1.00 bits per heavy atom. The molecule has 2 rings (SSSR count). The average Bonchev–Trinajstić information content (AvgIpc) is 2.36. The zero-order valence-corrected chi connectivity index (χ0v) is 12.3. The normalized spacial score (nSPS) is 10.3. The van der Waals surface area contributed by atoms with Crippen LogP contribution in [-0.4, -0.2) is 4.20 Å². The van der Waals surface area contributed by atoms with Gasteiger partial charge in [-0.25, -0.2) is 0 Å². The minimum absolute atomic E-state index is 0.941. The van der Waals surface area contributed by atoms with Crippen LogP contribution in [0.1, 0.15) is 22.3 Å². The van der Waals surface area contributed by atoms with Crippen LogP contribution in [0.15, 0.2) is 48.5 Å². The maximum atomic E-state index is 5.45. The molecular formula is C16H16S2. The summed E-state index contributed by atoms with van der Waals surface area (Å²) in [7, 11) is 0. The molecule has 0 saturated carbocycles. The SMILES string of the molecule is Cc1cc(C)cc(CSC(=S)c2ccccc2)c1. The van der Waals surface area contributed by atoms with Crippen LogP contribution in [0.3, 0.4) is 0 Å². The second-order valence-corrected chi connectivity index (χ2v) is 6.09. The highest BCUT2D eigenvalue weighted by atomic mass is 32.2. The van der Waals surface area contributed by atoms with Gasteiger partial charge in [-0.2, -0.15) is 0 Å². The van der Waals surface area contributed by atoms with Crippen molar-refractivity contribution in [3.05, 3.63) is 70.8 Å². The second-order valence-electron chi connectivity index (χ2n) is 4.44. The zero-order valence-electron chi connectivity index (χ0n) is 10.6. The lowest BCUT2D eigenvalue weighted by molar-refractivity contribution is 1.30. The highest BCUT2D eigenvalue weighted by molar-refractivity contribution is 8.23. The molecule has 2 heteroatoms. The maximum Gasteiger partial charge on any atom is 0.0781 e. The molecule has 2 aromatic carbocycles. The van der Waals surface area contributed by atoms with Crippen molar-refractivity contribution in [1.82, 2.24) is 0 Å². The molecular weight excluding hydrogens is 256 g/mol. The second kappa shape index (κ2) is 6.17. The minimum Gasteiger partial charge on any atom is -0.109 e. The van der Waals surface area contributed by atoms with Gasteiger partial charge in [0.15, 0.2) is 0 Å². The van der Waals surface area contributed by atoms with Gasteiger partial charge >= 0.3 is 0 Å². The number of rotatable bonds is 3. The number of aryl methyl sites for hydroxylation is 2. The summed E-state index contributed by atoms with van der Waals surface area (Å²) in [5.41, 5.74) is 5.12. The van der Waals surface area contributed by atoms with Gasteiger partial charge < -0.3 is 0 Å². The minimum atomic E-state index is 0.941. The van der Waals surface area contributed by atoms with Gasteiger partial charge in [0.2, 0.25) is 0 Å². The summed E-state index contributed by atoms with van der Waals surface area (Å²) in [4.78, 5) is 0. The standard InChI is InChI=1S/C16H16S2/c1-12-8-13(2)10-14(9-12)11-18-16(17)15-6-4-3-5-7-15/h3-10H,11H2,1-2H3. The van der Waals surface area contributed by atoms with Gasteiger partial charge in [-0.1, -0.05) is 71.9 Å². The van der Waals surface area contributed by atoms with Gasteiger partial charge in [-0.15, -0.1) is 11.8 Å². The topological polar surface area (TPSA) is 0 Å². The summed E-state index contributed by atoms with van der Waals surface area (Å²) in [6.07, 6.45) is 0. The summed E-state index contributed by atoms with van der Waals surface area (Å²) >= 11 is 7.18. The van der Waals surface area contributed by atoms with Gasteiger partial charge in [0, 0.05) is 5.75 Å². The predicted molar refractivity (Wildman–Crippen MR) is 85.4 cm³/mol. The molecule has 92 valence electrons. The van der Waals surface area contributed by atoms with Crippen molar-refractivity contribution in [3.8, 4) is 0 Å². The molecule has 0 N–H and O–H groups in total. The fraction of sp³-hybridized carbons (Fsp3) is 0.188. The first-order chi connectivity index (χ1) is 8.65. The van der Waals surface area contributed by atoms with Crippen LogP contribution in [0, 0.1) is 13.8 Å². The van der Waals surface area contributed by atoms with E-state index in [1.165, 1.54) is 16.7 Å². The molecule has 0 aliphatic heterocycles. The van der Waals surface area contributed by atoms with Gasteiger partial charge in [-0.3, -0.25) is 0 Å². The Hall–Kier alpha value is -1.12. The monoisotopic (exact) mass is 272 g/mol. The third kappa shape index (κ3) is 3.69. The largest absolute Gasteiger partial charge is 0.109 e. The molecule has 0 radical (unpaired) electrons. The van der Waals surface area contributed by atoms with E-state index < -0.39 is 0 Å². The number of thioether (sulfide) groups is 1. The van der Waals surface area contributed by atoms with Gasteiger partial charge in [0.25, 0.3) is 0 Å².